The molecule has 0 radical (unpaired) electrons. The van der Waals surface area contributed by atoms with Gasteiger partial charge in [0.25, 0.3) is 0 Å². The topological polar surface area (TPSA) is 55.4 Å². The van der Waals surface area contributed by atoms with E-state index in [1.54, 1.807) is 19.2 Å². The van der Waals surface area contributed by atoms with Crippen molar-refractivity contribution in [3.63, 3.8) is 0 Å². The van der Waals surface area contributed by atoms with Crippen LogP contribution in [0.15, 0.2) is 24.3 Å². The van der Waals surface area contributed by atoms with Gasteiger partial charge < -0.3 is 4.74 Å². The standard InChI is InChI=1S/C10H14BrNO3S/c1-15-7-6-9-4-2-3-5-10(9)12-16(13,14)8-11/h2-5,12H,6-8H2,1H3. The van der Waals surface area contributed by atoms with E-state index in [1.165, 1.54) is 0 Å². The molecule has 0 heterocycles. The van der Waals surface area contributed by atoms with Gasteiger partial charge in [0.15, 0.2) is 0 Å². The first-order valence-electron chi connectivity index (χ1n) is 4.72. The predicted molar refractivity (Wildman–Crippen MR) is 68.4 cm³/mol. The largest absolute Gasteiger partial charge is 0.384 e. The van der Waals surface area contributed by atoms with Gasteiger partial charge >= 0.3 is 0 Å². The van der Waals surface area contributed by atoms with Gasteiger partial charge in [-0.2, -0.15) is 0 Å². The van der Waals surface area contributed by atoms with E-state index in [9.17, 15) is 8.42 Å². The van der Waals surface area contributed by atoms with Crippen LogP contribution in [0.3, 0.4) is 0 Å². The predicted octanol–water partition coefficient (Wildman–Crippen LogP) is 1.97. The number of ether oxygens (including phenoxy) is 1. The second-order valence-electron chi connectivity index (χ2n) is 3.23. The second kappa shape index (κ2) is 6.22. The van der Waals surface area contributed by atoms with Crippen molar-refractivity contribution in [3.8, 4) is 0 Å². The lowest BCUT2D eigenvalue weighted by Crippen LogP contribution is -2.14. The molecule has 0 aliphatic heterocycles. The first-order chi connectivity index (χ1) is 7.59. The molecule has 0 spiro atoms. The van der Waals surface area contributed by atoms with Crippen LogP contribution in [0, 0.1) is 0 Å². The lowest BCUT2D eigenvalue weighted by molar-refractivity contribution is 0.202. The van der Waals surface area contributed by atoms with Crippen molar-refractivity contribution >= 4 is 31.6 Å². The summed E-state index contributed by atoms with van der Waals surface area (Å²) < 4.78 is 30.2. The Labute approximate surface area is 104 Å². The smallest absolute Gasteiger partial charge is 0.242 e. The van der Waals surface area contributed by atoms with Crippen LogP contribution in [-0.4, -0.2) is 26.8 Å². The lowest BCUT2D eigenvalue weighted by Gasteiger charge is -2.10. The van der Waals surface area contributed by atoms with Crippen molar-refractivity contribution in [2.75, 3.05) is 23.1 Å². The van der Waals surface area contributed by atoms with E-state index < -0.39 is 10.0 Å². The molecule has 1 aromatic carbocycles. The SMILES string of the molecule is COCCc1ccccc1NS(=O)(=O)CBr. The maximum absolute atomic E-state index is 11.4. The van der Waals surface area contributed by atoms with Gasteiger partial charge in [-0.05, 0) is 18.1 Å². The molecule has 0 aliphatic rings. The number of benzene rings is 1. The van der Waals surface area contributed by atoms with Gasteiger partial charge in [0.2, 0.25) is 10.0 Å². The van der Waals surface area contributed by atoms with E-state index in [0.29, 0.717) is 18.7 Å². The van der Waals surface area contributed by atoms with Gasteiger partial charge in [0.05, 0.1) is 12.3 Å². The molecule has 0 saturated carbocycles. The minimum atomic E-state index is -3.29. The molecule has 1 aromatic rings. The Kier molecular flexibility index (Phi) is 5.24. The molecule has 90 valence electrons. The number of alkyl halides is 1. The summed E-state index contributed by atoms with van der Waals surface area (Å²) in [4.78, 5) is 0. The Bertz CT molecular complexity index is 433. The monoisotopic (exact) mass is 307 g/mol. The van der Waals surface area contributed by atoms with Gasteiger partial charge in [-0.3, -0.25) is 4.72 Å². The molecule has 1 N–H and O–H groups in total. The number of para-hydroxylation sites is 1. The molecule has 16 heavy (non-hydrogen) atoms. The highest BCUT2D eigenvalue weighted by Crippen LogP contribution is 2.17. The number of nitrogens with one attached hydrogen (secondary N) is 1. The van der Waals surface area contributed by atoms with Gasteiger partial charge in [-0.15, -0.1) is 0 Å². The third-order valence-corrected chi connectivity index (χ3v) is 4.63. The summed E-state index contributed by atoms with van der Waals surface area (Å²) in [7, 11) is -1.68. The average Bonchev–Trinajstić information content (AvgIpc) is 2.27. The molecule has 6 heteroatoms. The molecule has 0 atom stereocenters. The van der Waals surface area contributed by atoms with Crippen LogP contribution in [0.25, 0.3) is 0 Å². The second-order valence-corrected chi connectivity index (χ2v) is 6.25. The molecule has 0 fully saturated rings. The van der Waals surface area contributed by atoms with E-state index in [0.717, 1.165) is 5.56 Å². The Morgan fingerprint density at radius 2 is 2.06 bits per heavy atom. The summed E-state index contributed by atoms with van der Waals surface area (Å²) >= 11 is 2.93. The highest BCUT2D eigenvalue weighted by Gasteiger charge is 2.10. The molecule has 0 amide bonds. The van der Waals surface area contributed by atoms with Crippen molar-refractivity contribution in [1.29, 1.82) is 0 Å². The van der Waals surface area contributed by atoms with Crippen molar-refractivity contribution in [2.45, 2.75) is 6.42 Å². The first kappa shape index (κ1) is 13.5. The molecule has 0 saturated heterocycles. The molecule has 0 bridgehead atoms. The summed E-state index contributed by atoms with van der Waals surface area (Å²) in [5.74, 6) is 0. The van der Waals surface area contributed by atoms with E-state index in [-0.39, 0.29) is 4.66 Å². The summed E-state index contributed by atoms with van der Waals surface area (Å²) in [6.07, 6.45) is 0.678. The Hall–Kier alpha value is -0.590. The number of halogens is 1. The number of hydrogen-bond donors (Lipinski definition) is 1. The quantitative estimate of drug-likeness (QED) is 0.818. The number of methoxy groups -OCH3 is 1. The summed E-state index contributed by atoms with van der Waals surface area (Å²) in [6, 6.07) is 7.29. The van der Waals surface area contributed by atoms with Crippen molar-refractivity contribution < 1.29 is 13.2 Å². The third-order valence-electron chi connectivity index (χ3n) is 2.00. The molecule has 1 rings (SSSR count). The molecular weight excluding hydrogens is 294 g/mol. The minimum Gasteiger partial charge on any atom is -0.384 e. The molecule has 0 aromatic heterocycles. The normalized spacial score (nSPS) is 11.4. The number of sulfonamides is 1. The summed E-state index contributed by atoms with van der Waals surface area (Å²) in [5.41, 5.74) is 1.54. The maximum Gasteiger partial charge on any atom is 0.242 e. The third kappa shape index (κ3) is 4.11. The maximum atomic E-state index is 11.4. The van der Waals surface area contributed by atoms with E-state index in [4.69, 9.17) is 4.74 Å². The number of rotatable bonds is 6. The van der Waals surface area contributed by atoms with Crippen LogP contribution in [-0.2, 0) is 21.2 Å². The molecular formula is C10H14BrNO3S. The van der Waals surface area contributed by atoms with E-state index >= 15 is 0 Å². The lowest BCUT2D eigenvalue weighted by atomic mass is 10.1. The van der Waals surface area contributed by atoms with Crippen LogP contribution in [0.1, 0.15) is 5.56 Å². The fourth-order valence-electron chi connectivity index (χ4n) is 1.24. The van der Waals surface area contributed by atoms with Crippen LogP contribution in [0.2, 0.25) is 0 Å². The molecule has 0 aliphatic carbocycles. The summed E-state index contributed by atoms with van der Waals surface area (Å²) in [6.45, 7) is 0.563. The number of anilines is 1. The fourth-order valence-corrected chi connectivity index (χ4v) is 2.18. The average molecular weight is 308 g/mol. The van der Waals surface area contributed by atoms with Gasteiger partial charge in [0.1, 0.15) is 4.66 Å². The van der Waals surface area contributed by atoms with E-state index in [1.807, 2.05) is 12.1 Å². The van der Waals surface area contributed by atoms with Crippen molar-refractivity contribution in [2.24, 2.45) is 0 Å². The zero-order valence-electron chi connectivity index (χ0n) is 8.94. The minimum absolute atomic E-state index is 0.112. The zero-order chi connectivity index (χ0) is 12.0. The molecule has 4 nitrogen and oxygen atoms in total. The highest BCUT2D eigenvalue weighted by molar-refractivity contribution is 9.10. The Morgan fingerprint density at radius 1 is 1.38 bits per heavy atom. The first-order valence-corrected chi connectivity index (χ1v) is 7.49. The molecule has 0 unspecified atom stereocenters. The van der Waals surface area contributed by atoms with Crippen LogP contribution >= 0.6 is 15.9 Å². The van der Waals surface area contributed by atoms with Gasteiger partial charge in [-0.1, -0.05) is 34.1 Å². The fraction of sp³-hybridized carbons (Fsp3) is 0.400. The number of hydrogen-bond acceptors (Lipinski definition) is 3. The van der Waals surface area contributed by atoms with Crippen LogP contribution < -0.4 is 4.72 Å². The van der Waals surface area contributed by atoms with Crippen molar-refractivity contribution in [1.82, 2.24) is 0 Å². The van der Waals surface area contributed by atoms with Crippen LogP contribution in [0.5, 0.6) is 0 Å². The van der Waals surface area contributed by atoms with Gasteiger partial charge in [-0.25, -0.2) is 8.42 Å². The zero-order valence-corrected chi connectivity index (χ0v) is 11.3. The Balaban J connectivity index is 2.86. The van der Waals surface area contributed by atoms with E-state index in [2.05, 4.69) is 20.7 Å². The van der Waals surface area contributed by atoms with Crippen molar-refractivity contribution in [3.05, 3.63) is 29.8 Å². The summed E-state index contributed by atoms with van der Waals surface area (Å²) in [5, 5.41) is 0. The van der Waals surface area contributed by atoms with Gasteiger partial charge in [0, 0.05) is 7.11 Å². The Morgan fingerprint density at radius 3 is 2.69 bits per heavy atom. The highest BCUT2D eigenvalue weighted by atomic mass is 79.9. The van der Waals surface area contributed by atoms with Crippen LogP contribution in [0.4, 0.5) is 5.69 Å².